The quantitative estimate of drug-likeness (QED) is 0.506. The number of aliphatic hydroxyl groups excluding tert-OH is 1. The van der Waals surface area contributed by atoms with Crippen molar-refractivity contribution >= 4 is 11.7 Å². The lowest BCUT2D eigenvalue weighted by molar-refractivity contribution is -0.132. The van der Waals surface area contributed by atoms with Gasteiger partial charge in [0.25, 0.3) is 0 Å². The van der Waals surface area contributed by atoms with Crippen LogP contribution in [0.5, 0.6) is 0 Å². The second-order valence-electron chi connectivity index (χ2n) is 3.20. The topological polar surface area (TPSA) is 73.6 Å². The van der Waals surface area contributed by atoms with Crippen LogP contribution >= 0.6 is 0 Å². The van der Waals surface area contributed by atoms with Gasteiger partial charge in [0.1, 0.15) is 5.57 Å². The van der Waals surface area contributed by atoms with Crippen molar-refractivity contribution in [2.24, 2.45) is 0 Å². The number of ether oxygens (including phenoxy) is 1. The van der Waals surface area contributed by atoms with Crippen molar-refractivity contribution in [1.29, 1.82) is 5.41 Å². The normalized spacial score (nSPS) is 18.8. The molecule has 0 atom stereocenters. The van der Waals surface area contributed by atoms with E-state index in [1.54, 1.807) is 19.0 Å². The van der Waals surface area contributed by atoms with Crippen molar-refractivity contribution in [3.05, 3.63) is 23.3 Å². The number of esters is 1. The highest BCUT2D eigenvalue weighted by Crippen LogP contribution is 2.24. The van der Waals surface area contributed by atoms with E-state index in [2.05, 4.69) is 0 Å². The summed E-state index contributed by atoms with van der Waals surface area (Å²) in [7, 11) is 3.48. The maximum absolute atomic E-state index is 11.2. The summed E-state index contributed by atoms with van der Waals surface area (Å²) in [4.78, 5) is 12.8. The summed E-state index contributed by atoms with van der Waals surface area (Å²) in [5.74, 6) is -0.860. The van der Waals surface area contributed by atoms with Crippen LogP contribution in [-0.4, -0.2) is 35.8 Å². The van der Waals surface area contributed by atoms with Crippen molar-refractivity contribution in [2.45, 2.75) is 6.92 Å². The first-order valence-electron chi connectivity index (χ1n) is 4.03. The third kappa shape index (κ3) is 1.76. The minimum atomic E-state index is -0.678. The number of nitrogens with one attached hydrogen (secondary N) is 1. The molecule has 1 aliphatic rings. The van der Waals surface area contributed by atoms with E-state index in [4.69, 9.17) is 10.1 Å². The highest BCUT2D eigenvalue weighted by molar-refractivity contribution is 6.20. The Kier molecular flexibility index (Phi) is 2.60. The van der Waals surface area contributed by atoms with Crippen LogP contribution in [0.4, 0.5) is 0 Å². The molecule has 76 valence electrons. The zero-order chi connectivity index (χ0) is 10.9. The number of nitrogens with zero attached hydrogens (tertiary/aromatic N) is 1. The molecule has 0 aliphatic carbocycles. The molecule has 0 radical (unpaired) electrons. The van der Waals surface area contributed by atoms with Gasteiger partial charge in [-0.25, -0.2) is 4.79 Å². The smallest absolute Gasteiger partial charge is 0.349 e. The van der Waals surface area contributed by atoms with Crippen LogP contribution in [-0.2, 0) is 9.53 Å². The fraction of sp³-hybridized carbons (Fsp3) is 0.333. The van der Waals surface area contributed by atoms with Crippen LogP contribution in [0, 0.1) is 5.41 Å². The molecular formula is C9H12N2O3. The van der Waals surface area contributed by atoms with Crippen LogP contribution in [0.1, 0.15) is 6.92 Å². The van der Waals surface area contributed by atoms with E-state index >= 15 is 0 Å². The molecule has 0 aromatic carbocycles. The van der Waals surface area contributed by atoms with Gasteiger partial charge >= 0.3 is 5.97 Å². The summed E-state index contributed by atoms with van der Waals surface area (Å²) >= 11 is 0. The second kappa shape index (κ2) is 3.53. The Labute approximate surface area is 81.8 Å². The highest BCUT2D eigenvalue weighted by atomic mass is 16.6. The molecule has 5 nitrogen and oxygen atoms in total. The first-order chi connectivity index (χ1) is 6.43. The van der Waals surface area contributed by atoms with Gasteiger partial charge in [-0.2, -0.15) is 0 Å². The van der Waals surface area contributed by atoms with Crippen LogP contribution in [0.2, 0.25) is 0 Å². The lowest BCUT2D eigenvalue weighted by Gasteiger charge is -2.05. The summed E-state index contributed by atoms with van der Waals surface area (Å²) in [6, 6.07) is 0. The highest BCUT2D eigenvalue weighted by Gasteiger charge is 2.31. The molecule has 0 bridgehead atoms. The summed E-state index contributed by atoms with van der Waals surface area (Å²) in [6.45, 7) is 1.42. The predicted molar refractivity (Wildman–Crippen MR) is 50.9 cm³/mol. The number of hydrogen-bond acceptors (Lipinski definition) is 5. The Balaban J connectivity index is 3.11. The molecule has 0 saturated heterocycles. The van der Waals surface area contributed by atoms with Crippen LogP contribution in [0.3, 0.4) is 0 Å². The molecule has 5 heteroatoms. The molecule has 1 heterocycles. The Bertz CT molecular complexity index is 353. The summed E-state index contributed by atoms with van der Waals surface area (Å²) in [5, 5.41) is 16.8. The largest absolute Gasteiger partial charge is 0.504 e. The standard InChI is InChI=1S/C9H12N2O3/c1-5(10)7-8(12)6(4-11(2)3)14-9(7)13/h4,10,12H,1-3H3/b6-4+,10-5?. The van der Waals surface area contributed by atoms with Gasteiger partial charge in [0.05, 0.1) is 0 Å². The summed E-state index contributed by atoms with van der Waals surface area (Å²) < 4.78 is 4.77. The van der Waals surface area contributed by atoms with E-state index in [1.807, 2.05) is 0 Å². The fourth-order valence-electron chi connectivity index (χ4n) is 1.07. The molecule has 0 aromatic heterocycles. The molecule has 2 N–H and O–H groups in total. The molecule has 0 fully saturated rings. The van der Waals surface area contributed by atoms with Gasteiger partial charge in [-0.3, -0.25) is 0 Å². The van der Waals surface area contributed by atoms with E-state index in [0.717, 1.165) is 0 Å². The van der Waals surface area contributed by atoms with Crippen LogP contribution in [0.15, 0.2) is 23.3 Å². The molecule has 0 saturated carbocycles. The first-order valence-corrected chi connectivity index (χ1v) is 4.03. The SMILES string of the molecule is CC(=N)C1=C(O)/C(=C\N(C)C)OC1=O. The zero-order valence-corrected chi connectivity index (χ0v) is 8.29. The van der Waals surface area contributed by atoms with Gasteiger partial charge in [-0.1, -0.05) is 0 Å². The molecule has 1 rings (SSSR count). The van der Waals surface area contributed by atoms with Gasteiger partial charge in [-0.15, -0.1) is 0 Å². The van der Waals surface area contributed by atoms with Gasteiger partial charge in [0.2, 0.25) is 0 Å². The van der Waals surface area contributed by atoms with Gasteiger partial charge < -0.3 is 20.2 Å². The lowest BCUT2D eigenvalue weighted by atomic mass is 10.1. The third-order valence-corrected chi connectivity index (χ3v) is 1.63. The minimum Gasteiger partial charge on any atom is -0.504 e. The number of carbonyl (C=O) groups excluding carboxylic acids is 1. The Morgan fingerprint density at radius 3 is 2.50 bits per heavy atom. The molecular weight excluding hydrogens is 184 g/mol. The monoisotopic (exact) mass is 196 g/mol. The van der Waals surface area contributed by atoms with E-state index in [0.29, 0.717) is 0 Å². The summed E-state index contributed by atoms with van der Waals surface area (Å²) in [5.41, 5.74) is -0.0762. The predicted octanol–water partition coefficient (Wildman–Crippen LogP) is 0.798. The average Bonchev–Trinajstić information content (AvgIpc) is 2.25. The Morgan fingerprint density at radius 1 is 1.57 bits per heavy atom. The molecule has 14 heavy (non-hydrogen) atoms. The van der Waals surface area contributed by atoms with E-state index < -0.39 is 5.97 Å². The number of carbonyl (C=O) groups is 1. The number of hydrogen-bond donors (Lipinski definition) is 2. The van der Waals surface area contributed by atoms with E-state index in [-0.39, 0.29) is 22.8 Å². The molecule has 0 unspecified atom stereocenters. The van der Waals surface area contributed by atoms with Gasteiger partial charge in [-0.05, 0) is 6.92 Å². The fourth-order valence-corrected chi connectivity index (χ4v) is 1.07. The number of cyclic esters (lactones) is 1. The summed E-state index contributed by atoms with van der Waals surface area (Å²) in [6.07, 6.45) is 1.48. The van der Waals surface area contributed by atoms with Crippen molar-refractivity contribution < 1.29 is 14.6 Å². The molecule has 0 amide bonds. The maximum Gasteiger partial charge on any atom is 0.349 e. The minimum absolute atomic E-state index is 0.00495. The van der Waals surface area contributed by atoms with Gasteiger partial charge in [0, 0.05) is 26.0 Å². The van der Waals surface area contributed by atoms with Crippen LogP contribution < -0.4 is 0 Å². The van der Waals surface area contributed by atoms with Gasteiger partial charge in [0.15, 0.2) is 11.5 Å². The molecule has 0 aromatic rings. The third-order valence-electron chi connectivity index (χ3n) is 1.63. The van der Waals surface area contributed by atoms with E-state index in [9.17, 15) is 9.90 Å². The Morgan fingerprint density at radius 2 is 2.14 bits per heavy atom. The van der Waals surface area contributed by atoms with Crippen molar-refractivity contribution in [3.8, 4) is 0 Å². The first kappa shape index (κ1) is 10.3. The Hall–Kier alpha value is -1.78. The van der Waals surface area contributed by atoms with Crippen LogP contribution in [0.25, 0.3) is 0 Å². The second-order valence-corrected chi connectivity index (χ2v) is 3.20. The number of aliphatic hydroxyl groups is 1. The zero-order valence-electron chi connectivity index (χ0n) is 8.29. The van der Waals surface area contributed by atoms with E-state index in [1.165, 1.54) is 13.1 Å². The van der Waals surface area contributed by atoms with Crippen molar-refractivity contribution in [1.82, 2.24) is 4.90 Å². The van der Waals surface area contributed by atoms with Crippen molar-refractivity contribution in [2.75, 3.05) is 14.1 Å². The molecule has 1 aliphatic heterocycles. The maximum atomic E-state index is 11.2. The van der Waals surface area contributed by atoms with Crippen molar-refractivity contribution in [3.63, 3.8) is 0 Å². The molecule has 0 spiro atoms. The average molecular weight is 196 g/mol. The number of rotatable bonds is 2. The lowest BCUT2D eigenvalue weighted by Crippen LogP contribution is -2.06.